The van der Waals surface area contributed by atoms with E-state index in [-0.39, 0.29) is 5.69 Å². The lowest BCUT2D eigenvalue weighted by Gasteiger charge is -2.09. The number of ether oxygens (including phenoxy) is 1. The lowest BCUT2D eigenvalue weighted by molar-refractivity contribution is -0.142. The Hall–Kier alpha value is -2.70. The monoisotopic (exact) mass is 274 g/mol. The Morgan fingerprint density at radius 1 is 1.30 bits per heavy atom. The number of methoxy groups -OCH3 is 1. The van der Waals surface area contributed by atoms with Gasteiger partial charge in [0.05, 0.1) is 19.0 Å². The second-order valence-electron chi connectivity index (χ2n) is 4.07. The van der Waals surface area contributed by atoms with Gasteiger partial charge in [0.15, 0.2) is 5.69 Å². The summed E-state index contributed by atoms with van der Waals surface area (Å²) in [4.78, 5) is 24.5. The van der Waals surface area contributed by atoms with E-state index in [2.05, 4.69) is 20.3 Å². The van der Waals surface area contributed by atoms with Gasteiger partial charge in [-0.3, -0.25) is 4.79 Å². The summed E-state index contributed by atoms with van der Waals surface area (Å²) in [6, 6.07) is 8.46. The smallest absolute Gasteiger partial charge is 0.328 e. The summed E-state index contributed by atoms with van der Waals surface area (Å²) in [5.41, 5.74) is 0.872. The Kier molecular flexibility index (Phi) is 4.09. The third-order valence-corrected chi connectivity index (χ3v) is 2.61. The minimum atomic E-state index is -0.741. The molecular formula is C13H14N4O3. The summed E-state index contributed by atoms with van der Waals surface area (Å²) >= 11 is 0. The van der Waals surface area contributed by atoms with Gasteiger partial charge in [0.25, 0.3) is 5.91 Å². The van der Waals surface area contributed by atoms with Gasteiger partial charge in [-0.1, -0.05) is 18.2 Å². The van der Waals surface area contributed by atoms with Crippen molar-refractivity contribution in [2.75, 3.05) is 7.11 Å². The first-order valence-electron chi connectivity index (χ1n) is 5.98. The number of hydrogen-bond donors (Lipinski definition) is 1. The van der Waals surface area contributed by atoms with Crippen molar-refractivity contribution in [2.24, 2.45) is 0 Å². The lowest BCUT2D eigenvalue weighted by atomic mass is 10.3. The topological polar surface area (TPSA) is 86.1 Å². The number of rotatable bonds is 4. The zero-order chi connectivity index (χ0) is 14.5. The molecule has 0 aliphatic heterocycles. The zero-order valence-corrected chi connectivity index (χ0v) is 11.1. The number of carbonyl (C=O) groups is 2. The highest BCUT2D eigenvalue weighted by Crippen LogP contribution is 2.04. The molecule has 20 heavy (non-hydrogen) atoms. The van der Waals surface area contributed by atoms with Gasteiger partial charge < -0.3 is 10.1 Å². The minimum Gasteiger partial charge on any atom is -0.467 e. The second-order valence-corrected chi connectivity index (χ2v) is 4.07. The van der Waals surface area contributed by atoms with E-state index in [1.54, 1.807) is 0 Å². The van der Waals surface area contributed by atoms with E-state index in [0.29, 0.717) is 0 Å². The molecule has 7 heteroatoms. The largest absolute Gasteiger partial charge is 0.467 e. The van der Waals surface area contributed by atoms with Crippen LogP contribution in [-0.4, -0.2) is 40.0 Å². The van der Waals surface area contributed by atoms with Crippen molar-refractivity contribution < 1.29 is 14.3 Å². The molecule has 7 nitrogen and oxygen atoms in total. The Morgan fingerprint density at radius 3 is 2.65 bits per heavy atom. The van der Waals surface area contributed by atoms with Crippen LogP contribution >= 0.6 is 0 Å². The van der Waals surface area contributed by atoms with E-state index in [4.69, 9.17) is 0 Å². The third kappa shape index (κ3) is 3.00. The SMILES string of the molecule is COC(=O)C(C)NC(=O)c1cnn(-c2ccccc2)n1. The maximum atomic E-state index is 11.9. The fourth-order valence-corrected chi connectivity index (χ4v) is 1.56. The molecule has 0 radical (unpaired) electrons. The average molecular weight is 274 g/mol. The number of nitrogens with one attached hydrogen (secondary N) is 1. The highest BCUT2D eigenvalue weighted by atomic mass is 16.5. The van der Waals surface area contributed by atoms with E-state index < -0.39 is 17.9 Å². The molecule has 0 aliphatic carbocycles. The van der Waals surface area contributed by atoms with Crippen LogP contribution in [0.25, 0.3) is 5.69 Å². The highest BCUT2D eigenvalue weighted by molar-refractivity contribution is 5.94. The van der Waals surface area contributed by atoms with Crippen molar-refractivity contribution in [1.82, 2.24) is 20.3 Å². The Labute approximate surface area is 115 Å². The van der Waals surface area contributed by atoms with E-state index in [1.807, 2.05) is 30.3 Å². The van der Waals surface area contributed by atoms with Gasteiger partial charge in [0.1, 0.15) is 6.04 Å². The van der Waals surface area contributed by atoms with Crippen molar-refractivity contribution >= 4 is 11.9 Å². The Bertz CT molecular complexity index is 609. The molecule has 0 spiro atoms. The van der Waals surface area contributed by atoms with E-state index >= 15 is 0 Å². The summed E-state index contributed by atoms with van der Waals surface area (Å²) in [6.45, 7) is 1.53. The molecule has 0 fully saturated rings. The summed E-state index contributed by atoms with van der Waals surface area (Å²) in [5.74, 6) is -1.00. The number of nitrogens with zero attached hydrogens (tertiary/aromatic N) is 3. The van der Waals surface area contributed by atoms with Gasteiger partial charge in [-0.15, -0.1) is 5.10 Å². The maximum absolute atomic E-state index is 11.9. The molecule has 2 aromatic rings. The Morgan fingerprint density at radius 2 is 2.00 bits per heavy atom. The third-order valence-electron chi connectivity index (χ3n) is 2.61. The van der Waals surface area contributed by atoms with Crippen LogP contribution in [0.15, 0.2) is 36.5 Å². The molecular weight excluding hydrogens is 260 g/mol. The number of para-hydroxylation sites is 1. The molecule has 104 valence electrons. The molecule has 1 atom stereocenters. The Balaban J connectivity index is 2.09. The molecule has 1 aromatic heterocycles. The van der Waals surface area contributed by atoms with E-state index in [9.17, 15) is 9.59 Å². The quantitative estimate of drug-likeness (QED) is 0.823. The van der Waals surface area contributed by atoms with Gasteiger partial charge >= 0.3 is 5.97 Å². The first kappa shape index (κ1) is 13.7. The van der Waals surface area contributed by atoms with Gasteiger partial charge in [0.2, 0.25) is 0 Å². The van der Waals surface area contributed by atoms with Crippen molar-refractivity contribution in [3.05, 3.63) is 42.2 Å². The molecule has 0 saturated heterocycles. The predicted molar refractivity (Wildman–Crippen MR) is 70.3 cm³/mol. The van der Waals surface area contributed by atoms with Crippen LogP contribution in [0.5, 0.6) is 0 Å². The normalized spacial score (nSPS) is 11.7. The summed E-state index contributed by atoms with van der Waals surface area (Å²) in [5, 5.41) is 10.6. The molecule has 1 heterocycles. The van der Waals surface area contributed by atoms with Crippen LogP contribution in [0.2, 0.25) is 0 Å². The van der Waals surface area contributed by atoms with Crippen molar-refractivity contribution in [3.8, 4) is 5.69 Å². The molecule has 0 saturated carbocycles. The first-order chi connectivity index (χ1) is 9.61. The van der Waals surface area contributed by atoms with Crippen LogP contribution in [0.4, 0.5) is 0 Å². The minimum absolute atomic E-state index is 0.129. The van der Waals surface area contributed by atoms with Crippen LogP contribution in [-0.2, 0) is 9.53 Å². The van der Waals surface area contributed by atoms with Crippen molar-refractivity contribution in [3.63, 3.8) is 0 Å². The zero-order valence-electron chi connectivity index (χ0n) is 11.1. The van der Waals surface area contributed by atoms with Gasteiger partial charge in [-0.2, -0.15) is 9.90 Å². The maximum Gasteiger partial charge on any atom is 0.328 e. The average Bonchev–Trinajstić information content (AvgIpc) is 2.97. The summed E-state index contributed by atoms with van der Waals surface area (Å²) < 4.78 is 4.53. The number of hydrogen-bond acceptors (Lipinski definition) is 5. The van der Waals surface area contributed by atoms with Gasteiger partial charge in [-0.25, -0.2) is 4.79 Å². The molecule has 0 bridgehead atoms. The van der Waals surface area contributed by atoms with Crippen LogP contribution in [0.3, 0.4) is 0 Å². The van der Waals surface area contributed by atoms with Gasteiger partial charge in [-0.05, 0) is 19.1 Å². The number of aromatic nitrogens is 3. The highest BCUT2D eigenvalue weighted by Gasteiger charge is 2.19. The summed E-state index contributed by atoms with van der Waals surface area (Å²) in [7, 11) is 1.26. The molecule has 1 amide bonds. The number of esters is 1. The predicted octanol–water partition coefficient (Wildman–Crippen LogP) is 0.559. The molecule has 1 aromatic carbocycles. The van der Waals surface area contributed by atoms with E-state index in [1.165, 1.54) is 25.0 Å². The van der Waals surface area contributed by atoms with Crippen LogP contribution in [0.1, 0.15) is 17.4 Å². The number of carbonyl (C=O) groups excluding carboxylic acids is 2. The fourth-order valence-electron chi connectivity index (χ4n) is 1.56. The standard InChI is InChI=1S/C13H14N4O3/c1-9(13(19)20-2)15-12(18)11-8-14-17(16-11)10-6-4-3-5-7-10/h3-9H,1-2H3,(H,15,18). The van der Waals surface area contributed by atoms with Crippen molar-refractivity contribution in [1.29, 1.82) is 0 Å². The number of amides is 1. The van der Waals surface area contributed by atoms with E-state index in [0.717, 1.165) is 5.69 Å². The molecule has 1 unspecified atom stereocenters. The molecule has 2 rings (SSSR count). The molecule has 1 N–H and O–H groups in total. The van der Waals surface area contributed by atoms with Crippen LogP contribution in [0, 0.1) is 0 Å². The van der Waals surface area contributed by atoms with Gasteiger partial charge in [0, 0.05) is 0 Å². The molecule has 0 aliphatic rings. The lowest BCUT2D eigenvalue weighted by Crippen LogP contribution is -2.39. The first-order valence-corrected chi connectivity index (χ1v) is 5.98. The van der Waals surface area contributed by atoms with Crippen LogP contribution < -0.4 is 5.32 Å². The summed E-state index contributed by atoms with van der Waals surface area (Å²) in [6.07, 6.45) is 1.34. The fraction of sp³-hybridized carbons (Fsp3) is 0.231. The second kappa shape index (κ2) is 5.96. The van der Waals surface area contributed by atoms with Crippen molar-refractivity contribution in [2.45, 2.75) is 13.0 Å². The number of benzene rings is 1.